The number of hydrogen-bond acceptors (Lipinski definition) is 2. The van der Waals surface area contributed by atoms with E-state index in [0.717, 1.165) is 0 Å². The smallest absolute Gasteiger partial charge is 0.260 e. The SMILES string of the molecule is O=[N+]([O-])C(F)(Cl)CF. The lowest BCUT2D eigenvalue weighted by Crippen LogP contribution is -2.28. The summed E-state index contributed by atoms with van der Waals surface area (Å²) in [5, 5.41) is 5.88. The van der Waals surface area contributed by atoms with E-state index in [4.69, 9.17) is 0 Å². The number of nitrogens with zero attached hydrogens (tertiary/aromatic N) is 1. The molecule has 3 nitrogen and oxygen atoms in total. The van der Waals surface area contributed by atoms with Crippen molar-refractivity contribution in [3.63, 3.8) is 0 Å². The molecule has 0 rings (SSSR count). The van der Waals surface area contributed by atoms with Gasteiger partial charge in [-0.25, -0.2) is 4.39 Å². The third-order valence-corrected chi connectivity index (χ3v) is 0.667. The van der Waals surface area contributed by atoms with E-state index < -0.39 is 16.8 Å². The summed E-state index contributed by atoms with van der Waals surface area (Å²) in [5.74, 6) is 0. The Bertz CT molecular complexity index is 106. The number of alkyl halides is 3. The summed E-state index contributed by atoms with van der Waals surface area (Å²) in [6.07, 6.45) is 0. The fraction of sp³-hybridized carbons (Fsp3) is 1.00. The second-order valence-electron chi connectivity index (χ2n) is 1.06. The van der Waals surface area contributed by atoms with Crippen LogP contribution in [0.2, 0.25) is 0 Å². The summed E-state index contributed by atoms with van der Waals surface area (Å²) in [7, 11) is 0. The van der Waals surface area contributed by atoms with Crippen molar-refractivity contribution in [2.45, 2.75) is 5.25 Å². The van der Waals surface area contributed by atoms with Crippen LogP contribution in [0.5, 0.6) is 0 Å². The van der Waals surface area contributed by atoms with Gasteiger partial charge in [0, 0.05) is 11.6 Å². The minimum absolute atomic E-state index is 1.53. The Morgan fingerprint density at radius 1 is 1.88 bits per heavy atom. The molecule has 0 saturated heterocycles. The lowest BCUT2D eigenvalue weighted by molar-refractivity contribution is -0.575. The molecule has 0 aromatic rings. The highest BCUT2D eigenvalue weighted by Crippen LogP contribution is 2.17. The van der Waals surface area contributed by atoms with Gasteiger partial charge in [-0.15, -0.1) is 4.39 Å². The second-order valence-corrected chi connectivity index (χ2v) is 1.64. The zero-order chi connectivity index (χ0) is 6.78. The van der Waals surface area contributed by atoms with Gasteiger partial charge in [0.2, 0.25) is 6.67 Å². The molecule has 1 atom stereocenters. The van der Waals surface area contributed by atoms with E-state index in [2.05, 4.69) is 11.6 Å². The van der Waals surface area contributed by atoms with Gasteiger partial charge in [0.15, 0.2) is 0 Å². The minimum atomic E-state index is -3.43. The molecular formula is C2H2ClF2NO2. The van der Waals surface area contributed by atoms with Gasteiger partial charge in [-0.1, -0.05) is 0 Å². The third-order valence-electron chi connectivity index (χ3n) is 0.428. The van der Waals surface area contributed by atoms with E-state index >= 15 is 0 Å². The van der Waals surface area contributed by atoms with E-state index in [1.807, 2.05) is 0 Å². The molecule has 0 aromatic heterocycles. The zero-order valence-electron chi connectivity index (χ0n) is 3.60. The van der Waals surface area contributed by atoms with Crippen molar-refractivity contribution in [2.75, 3.05) is 6.67 Å². The van der Waals surface area contributed by atoms with Crippen LogP contribution >= 0.6 is 11.6 Å². The van der Waals surface area contributed by atoms with Crippen LogP contribution in [0, 0.1) is 10.1 Å². The first-order chi connectivity index (χ1) is 3.50. The molecule has 0 radical (unpaired) electrons. The Kier molecular flexibility index (Phi) is 2.09. The van der Waals surface area contributed by atoms with Crippen molar-refractivity contribution in [3.8, 4) is 0 Å². The molecule has 0 aliphatic rings. The van der Waals surface area contributed by atoms with Gasteiger partial charge in [0.05, 0.1) is 4.92 Å². The first-order valence-electron chi connectivity index (χ1n) is 1.59. The van der Waals surface area contributed by atoms with Crippen molar-refractivity contribution in [3.05, 3.63) is 10.1 Å². The van der Waals surface area contributed by atoms with Crippen LogP contribution in [0.4, 0.5) is 8.78 Å². The predicted octanol–water partition coefficient (Wildman–Crippen LogP) is 1.09. The highest BCUT2D eigenvalue weighted by Gasteiger charge is 2.40. The number of nitro groups is 1. The van der Waals surface area contributed by atoms with E-state index in [1.54, 1.807) is 0 Å². The maximum atomic E-state index is 11.6. The maximum absolute atomic E-state index is 11.6. The highest BCUT2D eigenvalue weighted by molar-refractivity contribution is 6.21. The van der Waals surface area contributed by atoms with E-state index in [1.165, 1.54) is 0 Å². The molecule has 0 N–H and O–H groups in total. The van der Waals surface area contributed by atoms with Gasteiger partial charge in [0.25, 0.3) is 0 Å². The number of hydrogen-bond donors (Lipinski definition) is 0. The molecule has 0 aliphatic heterocycles. The molecule has 0 fully saturated rings. The largest absolute Gasteiger partial charge is 0.465 e. The van der Waals surface area contributed by atoms with E-state index in [-0.39, 0.29) is 0 Å². The predicted molar refractivity (Wildman–Crippen MR) is 22.7 cm³/mol. The Labute approximate surface area is 48.4 Å². The van der Waals surface area contributed by atoms with Gasteiger partial charge >= 0.3 is 5.25 Å². The summed E-state index contributed by atoms with van der Waals surface area (Å²) >= 11 is 4.31. The summed E-state index contributed by atoms with van der Waals surface area (Å²) < 4.78 is 22.7. The Hall–Kier alpha value is -0.450. The highest BCUT2D eigenvalue weighted by atomic mass is 35.5. The topological polar surface area (TPSA) is 43.1 Å². The minimum Gasteiger partial charge on any atom is -0.260 e. The first-order valence-corrected chi connectivity index (χ1v) is 1.97. The average Bonchev–Trinajstić information content (AvgIpc) is 1.67. The fourth-order valence-corrected chi connectivity index (χ4v) is 0.0488. The summed E-state index contributed by atoms with van der Waals surface area (Å²) in [4.78, 5) is 7.78. The van der Waals surface area contributed by atoms with Crippen LogP contribution in [-0.4, -0.2) is 16.8 Å². The van der Waals surface area contributed by atoms with Crippen molar-refractivity contribution in [2.24, 2.45) is 0 Å². The molecule has 48 valence electrons. The number of rotatable bonds is 2. The maximum Gasteiger partial charge on any atom is 0.465 e. The number of halogens is 3. The lowest BCUT2D eigenvalue weighted by atomic mass is 10.7. The van der Waals surface area contributed by atoms with E-state index in [0.29, 0.717) is 0 Å². The van der Waals surface area contributed by atoms with Crippen LogP contribution in [0.3, 0.4) is 0 Å². The summed E-state index contributed by atoms with van der Waals surface area (Å²) in [6.45, 7) is -1.82. The van der Waals surface area contributed by atoms with Crippen molar-refractivity contribution in [1.82, 2.24) is 0 Å². The molecule has 0 amide bonds. The quantitative estimate of drug-likeness (QED) is 0.253. The van der Waals surface area contributed by atoms with Crippen LogP contribution < -0.4 is 0 Å². The normalized spacial score (nSPS) is 17.4. The molecule has 0 aromatic carbocycles. The molecule has 0 aliphatic carbocycles. The van der Waals surface area contributed by atoms with Crippen LogP contribution in [0.25, 0.3) is 0 Å². The molecule has 0 bridgehead atoms. The molecule has 0 spiro atoms. The van der Waals surface area contributed by atoms with Gasteiger partial charge in [-0.05, 0) is 0 Å². The molecule has 1 unspecified atom stereocenters. The molecule has 0 heterocycles. The van der Waals surface area contributed by atoms with E-state index in [9.17, 15) is 18.9 Å². The van der Waals surface area contributed by atoms with Crippen molar-refractivity contribution in [1.29, 1.82) is 0 Å². The summed E-state index contributed by atoms with van der Waals surface area (Å²) in [5.41, 5.74) is 0. The van der Waals surface area contributed by atoms with Crippen LogP contribution in [0.15, 0.2) is 0 Å². The Balaban J connectivity index is 3.91. The van der Waals surface area contributed by atoms with Gasteiger partial charge < -0.3 is 0 Å². The Morgan fingerprint density at radius 3 is 2.25 bits per heavy atom. The molecular weight excluding hydrogens is 143 g/mol. The van der Waals surface area contributed by atoms with Crippen LogP contribution in [0.1, 0.15) is 0 Å². The monoisotopic (exact) mass is 145 g/mol. The lowest BCUT2D eigenvalue weighted by Gasteiger charge is -2.00. The molecule has 8 heavy (non-hydrogen) atoms. The molecule has 0 saturated carbocycles. The van der Waals surface area contributed by atoms with Crippen LogP contribution in [-0.2, 0) is 0 Å². The standard InChI is InChI=1S/C2H2ClF2NO2/c3-2(5,1-4)6(7)8/h1H2. The van der Waals surface area contributed by atoms with Gasteiger partial charge in [-0.3, -0.25) is 10.1 Å². The zero-order valence-corrected chi connectivity index (χ0v) is 4.36. The average molecular weight is 145 g/mol. The van der Waals surface area contributed by atoms with Crippen molar-refractivity contribution >= 4 is 11.6 Å². The fourth-order valence-electron chi connectivity index (χ4n) is 0.0488. The van der Waals surface area contributed by atoms with Crippen molar-refractivity contribution < 1.29 is 13.7 Å². The summed E-state index contributed by atoms with van der Waals surface area (Å²) in [6, 6.07) is 0. The van der Waals surface area contributed by atoms with Gasteiger partial charge in [-0.2, -0.15) is 0 Å². The first kappa shape index (κ1) is 7.55. The molecule has 6 heteroatoms. The Morgan fingerprint density at radius 2 is 2.25 bits per heavy atom. The third kappa shape index (κ3) is 1.57. The second kappa shape index (κ2) is 2.21. The van der Waals surface area contributed by atoms with Gasteiger partial charge in [0.1, 0.15) is 0 Å².